The lowest BCUT2D eigenvalue weighted by atomic mass is 10.1. The summed E-state index contributed by atoms with van der Waals surface area (Å²) < 4.78 is 102. The Labute approximate surface area is 154 Å². The predicted octanol–water partition coefficient (Wildman–Crippen LogP) is 3.99. The topological polar surface area (TPSA) is 62.7 Å². The number of halogens is 8. The van der Waals surface area contributed by atoms with E-state index in [0.29, 0.717) is 0 Å². The molecule has 1 aromatic heterocycles. The van der Waals surface area contributed by atoms with Crippen LogP contribution in [-0.2, 0) is 0 Å². The SMILES string of the molecule is C[C@@H](Nc1nc(C#CC2(C(F)F)CC2)nc(N[C@H](C)C(F)(F)F)n1)C(F)(F)F. The molecule has 0 aliphatic heterocycles. The molecule has 1 saturated carbocycles. The Kier molecular flexibility index (Phi) is 5.91. The van der Waals surface area contributed by atoms with E-state index < -0.39 is 54.0 Å². The van der Waals surface area contributed by atoms with Gasteiger partial charge < -0.3 is 10.6 Å². The molecule has 1 heterocycles. The van der Waals surface area contributed by atoms with Crippen LogP contribution in [0.2, 0.25) is 0 Å². The second kappa shape index (κ2) is 7.56. The summed E-state index contributed by atoms with van der Waals surface area (Å²) in [6.45, 7) is 1.49. The maximum absolute atomic E-state index is 12.9. The number of aromatic nitrogens is 3. The van der Waals surface area contributed by atoms with Crippen LogP contribution in [0.3, 0.4) is 0 Å². The summed E-state index contributed by atoms with van der Waals surface area (Å²) in [7, 11) is 0. The highest BCUT2D eigenvalue weighted by atomic mass is 19.4. The van der Waals surface area contributed by atoms with Crippen molar-refractivity contribution in [1.82, 2.24) is 15.0 Å². The van der Waals surface area contributed by atoms with Crippen molar-refractivity contribution >= 4 is 11.9 Å². The minimum absolute atomic E-state index is 0.120. The van der Waals surface area contributed by atoms with Gasteiger partial charge in [-0.1, -0.05) is 5.92 Å². The van der Waals surface area contributed by atoms with E-state index >= 15 is 0 Å². The third-order valence-electron chi connectivity index (χ3n) is 3.94. The van der Waals surface area contributed by atoms with Crippen molar-refractivity contribution in [1.29, 1.82) is 0 Å². The Morgan fingerprint density at radius 3 is 1.61 bits per heavy atom. The van der Waals surface area contributed by atoms with Gasteiger partial charge in [-0.15, -0.1) is 0 Å². The number of rotatable bonds is 5. The Hall–Kier alpha value is -2.39. The molecule has 0 radical (unpaired) electrons. The normalized spacial score (nSPS) is 18.1. The number of nitrogens with zero attached hydrogens (tertiary/aromatic N) is 3. The predicted molar refractivity (Wildman–Crippen MR) is 82.7 cm³/mol. The average Bonchev–Trinajstić information content (AvgIpc) is 3.32. The van der Waals surface area contributed by atoms with E-state index in [-0.39, 0.29) is 12.8 Å². The van der Waals surface area contributed by atoms with Gasteiger partial charge in [-0.3, -0.25) is 0 Å². The zero-order valence-corrected chi connectivity index (χ0v) is 14.5. The van der Waals surface area contributed by atoms with Gasteiger partial charge in [0.2, 0.25) is 17.7 Å². The van der Waals surface area contributed by atoms with E-state index in [4.69, 9.17) is 0 Å². The van der Waals surface area contributed by atoms with Gasteiger partial charge in [-0.25, -0.2) is 8.78 Å². The van der Waals surface area contributed by atoms with Crippen LogP contribution in [0.1, 0.15) is 32.5 Å². The summed E-state index contributed by atoms with van der Waals surface area (Å²) in [6, 6.07) is -4.25. The lowest BCUT2D eigenvalue weighted by molar-refractivity contribution is -0.139. The largest absolute Gasteiger partial charge is 0.408 e. The molecule has 1 aromatic rings. The van der Waals surface area contributed by atoms with Crippen molar-refractivity contribution < 1.29 is 35.1 Å². The molecule has 0 unspecified atom stereocenters. The Bertz CT molecular complexity index is 720. The van der Waals surface area contributed by atoms with E-state index in [0.717, 1.165) is 13.8 Å². The van der Waals surface area contributed by atoms with Crippen LogP contribution < -0.4 is 10.6 Å². The maximum atomic E-state index is 12.9. The van der Waals surface area contributed by atoms with E-state index in [1.807, 2.05) is 10.6 Å². The standard InChI is InChI=1S/C15H15F8N5/c1-7(14(18,19)20)24-11-26-9(3-4-13(5-6-13)10(16)17)27-12(28-11)25-8(2)15(21,22)23/h7-8,10H,5-6H2,1-2H3,(H2,24,25,26,27,28)/t7-,8-/m1/s1. The number of anilines is 2. The molecule has 2 rings (SSSR count). The molecule has 0 spiro atoms. The van der Waals surface area contributed by atoms with Crippen LogP contribution in [0, 0.1) is 17.3 Å². The monoisotopic (exact) mass is 417 g/mol. The summed E-state index contributed by atoms with van der Waals surface area (Å²) in [6.07, 6.45) is -11.9. The molecular formula is C15H15F8N5. The molecule has 2 atom stereocenters. The smallest absolute Gasteiger partial charge is 0.343 e. The molecule has 13 heteroatoms. The van der Waals surface area contributed by atoms with E-state index in [1.165, 1.54) is 0 Å². The van der Waals surface area contributed by atoms with Gasteiger partial charge in [0.1, 0.15) is 12.1 Å². The number of hydrogen-bond donors (Lipinski definition) is 2. The molecular weight excluding hydrogens is 402 g/mol. The van der Waals surface area contributed by atoms with Crippen LogP contribution in [0.5, 0.6) is 0 Å². The van der Waals surface area contributed by atoms with Gasteiger partial charge in [0.25, 0.3) is 6.43 Å². The van der Waals surface area contributed by atoms with Gasteiger partial charge in [-0.05, 0) is 32.6 Å². The lowest BCUT2D eigenvalue weighted by Crippen LogP contribution is -2.35. The van der Waals surface area contributed by atoms with Crippen LogP contribution >= 0.6 is 0 Å². The minimum Gasteiger partial charge on any atom is -0.343 e. The first-order valence-corrected chi connectivity index (χ1v) is 7.97. The Morgan fingerprint density at radius 2 is 1.29 bits per heavy atom. The Morgan fingerprint density at radius 1 is 0.857 bits per heavy atom. The van der Waals surface area contributed by atoms with Crippen LogP contribution in [0.25, 0.3) is 0 Å². The van der Waals surface area contributed by atoms with E-state index in [1.54, 1.807) is 0 Å². The molecule has 0 aromatic carbocycles. The van der Waals surface area contributed by atoms with Crippen molar-refractivity contribution in [2.24, 2.45) is 5.41 Å². The second-order valence-corrected chi connectivity index (χ2v) is 6.33. The summed E-state index contributed by atoms with van der Waals surface area (Å²) >= 11 is 0. The highest BCUT2D eigenvalue weighted by Crippen LogP contribution is 2.50. The Balaban J connectivity index is 2.34. The number of alkyl halides is 8. The van der Waals surface area contributed by atoms with Gasteiger partial charge in [0, 0.05) is 0 Å². The van der Waals surface area contributed by atoms with Crippen molar-refractivity contribution in [3.8, 4) is 11.8 Å². The highest BCUT2D eigenvalue weighted by Gasteiger charge is 2.50. The molecule has 1 aliphatic rings. The number of hydrogen-bond acceptors (Lipinski definition) is 5. The molecule has 1 aliphatic carbocycles. The summed E-state index contributed by atoms with van der Waals surface area (Å²) in [5, 5.41) is 3.77. The number of nitrogens with one attached hydrogen (secondary N) is 2. The summed E-state index contributed by atoms with van der Waals surface area (Å²) in [4.78, 5) is 10.6. The van der Waals surface area contributed by atoms with Crippen molar-refractivity contribution in [3.63, 3.8) is 0 Å². The third kappa shape index (κ3) is 5.56. The highest BCUT2D eigenvalue weighted by molar-refractivity contribution is 5.41. The lowest BCUT2D eigenvalue weighted by Gasteiger charge is -2.19. The van der Waals surface area contributed by atoms with Crippen LogP contribution in [-0.4, -0.2) is 45.8 Å². The quantitative estimate of drug-likeness (QED) is 0.561. The zero-order chi connectivity index (χ0) is 21.3. The van der Waals surface area contributed by atoms with E-state index in [9.17, 15) is 35.1 Å². The fourth-order valence-corrected chi connectivity index (χ4v) is 1.82. The molecule has 1 fully saturated rings. The fourth-order valence-electron chi connectivity index (χ4n) is 1.82. The molecule has 0 bridgehead atoms. The second-order valence-electron chi connectivity index (χ2n) is 6.33. The van der Waals surface area contributed by atoms with Crippen LogP contribution in [0.4, 0.5) is 47.0 Å². The first-order chi connectivity index (χ1) is 12.7. The van der Waals surface area contributed by atoms with Gasteiger partial charge in [0.05, 0.1) is 5.41 Å². The maximum Gasteiger partial charge on any atom is 0.408 e. The fraction of sp³-hybridized carbons (Fsp3) is 0.667. The first kappa shape index (κ1) is 21.9. The molecule has 0 saturated heterocycles. The minimum atomic E-state index is -4.68. The molecule has 5 nitrogen and oxygen atoms in total. The zero-order valence-electron chi connectivity index (χ0n) is 14.5. The molecule has 156 valence electrons. The third-order valence-corrected chi connectivity index (χ3v) is 3.94. The van der Waals surface area contributed by atoms with Crippen molar-refractivity contribution in [2.45, 2.75) is 57.6 Å². The van der Waals surface area contributed by atoms with Gasteiger partial charge >= 0.3 is 12.4 Å². The van der Waals surface area contributed by atoms with Crippen molar-refractivity contribution in [3.05, 3.63) is 5.82 Å². The van der Waals surface area contributed by atoms with Crippen LogP contribution in [0.15, 0.2) is 0 Å². The van der Waals surface area contributed by atoms with E-state index in [2.05, 4.69) is 26.8 Å². The molecule has 0 amide bonds. The molecule has 2 N–H and O–H groups in total. The average molecular weight is 417 g/mol. The van der Waals surface area contributed by atoms with Gasteiger partial charge in [-0.2, -0.15) is 41.3 Å². The van der Waals surface area contributed by atoms with Crippen molar-refractivity contribution in [2.75, 3.05) is 10.6 Å². The first-order valence-electron chi connectivity index (χ1n) is 7.97. The summed E-state index contributed by atoms with van der Waals surface area (Å²) in [5.41, 5.74) is -1.55. The van der Waals surface area contributed by atoms with Gasteiger partial charge in [0.15, 0.2) is 0 Å². The molecule has 28 heavy (non-hydrogen) atoms. The summed E-state index contributed by atoms with van der Waals surface area (Å²) in [5.74, 6) is 2.54.